The maximum Gasteiger partial charge on any atom is 0.243 e. The highest BCUT2D eigenvalue weighted by Crippen LogP contribution is 2.23. The van der Waals surface area contributed by atoms with Gasteiger partial charge in [0.15, 0.2) is 0 Å². The Balaban J connectivity index is 1.25. The van der Waals surface area contributed by atoms with Gasteiger partial charge in [-0.1, -0.05) is 30.3 Å². The van der Waals surface area contributed by atoms with Gasteiger partial charge in [0, 0.05) is 49.4 Å². The van der Waals surface area contributed by atoms with Gasteiger partial charge >= 0.3 is 0 Å². The first-order valence-electron chi connectivity index (χ1n) is 11.8. The number of nitrogens with one attached hydrogen (secondary N) is 1. The second-order valence-corrected chi connectivity index (χ2v) is 8.23. The van der Waals surface area contributed by atoms with Gasteiger partial charge in [0.05, 0.1) is 19.8 Å². The Morgan fingerprint density at radius 3 is 2.41 bits per heavy atom. The van der Waals surface area contributed by atoms with E-state index in [0.717, 1.165) is 54.8 Å². The number of aryl methyl sites for hydroxylation is 1. The summed E-state index contributed by atoms with van der Waals surface area (Å²) < 4.78 is 11.3. The molecule has 1 aromatic heterocycles. The van der Waals surface area contributed by atoms with Crippen LogP contribution in [0, 0.1) is 0 Å². The minimum atomic E-state index is -0.210. The van der Waals surface area contributed by atoms with E-state index in [-0.39, 0.29) is 24.8 Å². The van der Waals surface area contributed by atoms with Crippen molar-refractivity contribution in [2.24, 2.45) is 0 Å². The number of ether oxygens (including phenoxy) is 1. The molecule has 7 heteroatoms. The fraction of sp³-hybridized carbons (Fsp3) is 0.333. The zero-order chi connectivity index (χ0) is 23.8. The van der Waals surface area contributed by atoms with E-state index < -0.39 is 0 Å². The van der Waals surface area contributed by atoms with Crippen molar-refractivity contribution in [1.82, 2.24) is 4.90 Å². The van der Waals surface area contributed by atoms with Crippen LogP contribution in [-0.2, 0) is 20.7 Å². The number of amides is 2. The van der Waals surface area contributed by atoms with E-state index in [1.807, 2.05) is 73.7 Å². The van der Waals surface area contributed by atoms with Gasteiger partial charge < -0.3 is 24.3 Å². The Morgan fingerprint density at radius 1 is 0.971 bits per heavy atom. The standard InChI is InChI=1S/C27H31N3O4/c1-2-29(27(32)15-13-24-12-14-25(34-24)21-6-4-3-5-7-21)20-26(31)28-22-8-10-23(11-9-22)30-16-18-33-19-17-30/h3-12,14H,2,13,15-20H2,1H3,(H,28,31). The molecule has 0 aliphatic carbocycles. The topological polar surface area (TPSA) is 75.0 Å². The molecule has 0 radical (unpaired) electrons. The van der Waals surface area contributed by atoms with Crippen LogP contribution in [0.3, 0.4) is 0 Å². The summed E-state index contributed by atoms with van der Waals surface area (Å²) in [6.07, 6.45) is 0.782. The molecule has 2 heterocycles. The highest BCUT2D eigenvalue weighted by molar-refractivity contribution is 5.94. The second kappa shape index (κ2) is 11.5. The van der Waals surface area contributed by atoms with Crippen LogP contribution in [0.2, 0.25) is 0 Å². The molecule has 2 aromatic carbocycles. The average molecular weight is 462 g/mol. The smallest absolute Gasteiger partial charge is 0.243 e. The van der Waals surface area contributed by atoms with Crippen molar-refractivity contribution in [3.63, 3.8) is 0 Å². The van der Waals surface area contributed by atoms with E-state index in [2.05, 4.69) is 10.2 Å². The van der Waals surface area contributed by atoms with E-state index in [4.69, 9.17) is 9.15 Å². The van der Waals surface area contributed by atoms with Crippen LogP contribution in [0.15, 0.2) is 71.1 Å². The van der Waals surface area contributed by atoms with Crippen LogP contribution in [-0.4, -0.2) is 56.1 Å². The van der Waals surface area contributed by atoms with Gasteiger partial charge in [0.1, 0.15) is 11.5 Å². The van der Waals surface area contributed by atoms with E-state index in [1.54, 1.807) is 4.90 Å². The first-order valence-corrected chi connectivity index (χ1v) is 11.8. The molecule has 1 aliphatic rings. The number of morpholine rings is 1. The van der Waals surface area contributed by atoms with Crippen LogP contribution in [0.1, 0.15) is 19.1 Å². The third-order valence-corrected chi connectivity index (χ3v) is 5.90. The van der Waals surface area contributed by atoms with Crippen LogP contribution >= 0.6 is 0 Å². The van der Waals surface area contributed by atoms with Crippen molar-refractivity contribution >= 4 is 23.2 Å². The monoisotopic (exact) mass is 461 g/mol. The Labute approximate surface area is 200 Å². The summed E-state index contributed by atoms with van der Waals surface area (Å²) in [5.74, 6) is 1.26. The molecule has 1 saturated heterocycles. The normalized spacial score (nSPS) is 13.5. The summed E-state index contributed by atoms with van der Waals surface area (Å²) in [5, 5.41) is 2.89. The van der Waals surface area contributed by atoms with Gasteiger partial charge in [0.25, 0.3) is 0 Å². The minimum Gasteiger partial charge on any atom is -0.461 e. The predicted octanol–water partition coefficient (Wildman–Crippen LogP) is 4.20. The lowest BCUT2D eigenvalue weighted by molar-refractivity contribution is -0.134. The maximum absolute atomic E-state index is 12.7. The van der Waals surface area contributed by atoms with Crippen LogP contribution < -0.4 is 10.2 Å². The SMILES string of the molecule is CCN(CC(=O)Nc1ccc(N2CCOCC2)cc1)C(=O)CCc1ccc(-c2ccccc2)o1. The summed E-state index contributed by atoms with van der Waals surface area (Å²) in [6, 6.07) is 21.5. The highest BCUT2D eigenvalue weighted by Gasteiger charge is 2.17. The molecule has 2 amide bonds. The molecule has 0 atom stereocenters. The molecule has 178 valence electrons. The summed E-state index contributed by atoms with van der Waals surface area (Å²) in [6.45, 7) is 5.56. The number of anilines is 2. The zero-order valence-electron chi connectivity index (χ0n) is 19.5. The third kappa shape index (κ3) is 6.26. The molecular weight excluding hydrogens is 430 g/mol. The largest absolute Gasteiger partial charge is 0.461 e. The minimum absolute atomic E-state index is 0.0218. The van der Waals surface area contributed by atoms with E-state index in [9.17, 15) is 9.59 Å². The molecule has 1 fully saturated rings. The molecular formula is C27H31N3O4. The van der Waals surface area contributed by atoms with Crippen molar-refractivity contribution < 1.29 is 18.7 Å². The van der Waals surface area contributed by atoms with Crippen molar-refractivity contribution in [2.45, 2.75) is 19.8 Å². The lowest BCUT2D eigenvalue weighted by Crippen LogP contribution is -2.38. The predicted molar refractivity (Wildman–Crippen MR) is 133 cm³/mol. The quantitative estimate of drug-likeness (QED) is 0.517. The number of likely N-dealkylation sites (N-methyl/N-ethyl adjacent to an activating group) is 1. The summed E-state index contributed by atoms with van der Waals surface area (Å²) in [5.41, 5.74) is 2.83. The van der Waals surface area contributed by atoms with Gasteiger partial charge in [0.2, 0.25) is 11.8 Å². The summed E-state index contributed by atoms with van der Waals surface area (Å²) in [7, 11) is 0. The van der Waals surface area contributed by atoms with Crippen molar-refractivity contribution in [2.75, 3.05) is 49.6 Å². The zero-order valence-corrected chi connectivity index (χ0v) is 19.5. The van der Waals surface area contributed by atoms with Crippen LogP contribution in [0.25, 0.3) is 11.3 Å². The summed E-state index contributed by atoms with van der Waals surface area (Å²) >= 11 is 0. The molecule has 0 saturated carbocycles. The number of hydrogen-bond donors (Lipinski definition) is 1. The Hall–Kier alpha value is -3.58. The molecule has 4 rings (SSSR count). The van der Waals surface area contributed by atoms with E-state index in [1.165, 1.54) is 0 Å². The Kier molecular flexibility index (Phi) is 7.99. The maximum atomic E-state index is 12.7. The Bertz CT molecular complexity index is 1070. The summed E-state index contributed by atoms with van der Waals surface area (Å²) in [4.78, 5) is 29.1. The average Bonchev–Trinajstić information content (AvgIpc) is 3.36. The van der Waals surface area contributed by atoms with E-state index in [0.29, 0.717) is 13.0 Å². The van der Waals surface area contributed by atoms with Crippen molar-refractivity contribution in [1.29, 1.82) is 0 Å². The molecule has 0 unspecified atom stereocenters. The van der Waals surface area contributed by atoms with Gasteiger partial charge in [-0.25, -0.2) is 0 Å². The molecule has 7 nitrogen and oxygen atoms in total. The molecule has 0 spiro atoms. The molecule has 3 aromatic rings. The highest BCUT2D eigenvalue weighted by atomic mass is 16.5. The number of furan rings is 1. The molecule has 0 bridgehead atoms. The molecule has 34 heavy (non-hydrogen) atoms. The van der Waals surface area contributed by atoms with Gasteiger partial charge in [-0.3, -0.25) is 9.59 Å². The fourth-order valence-electron chi connectivity index (χ4n) is 3.99. The van der Waals surface area contributed by atoms with Gasteiger partial charge in [-0.05, 0) is 43.3 Å². The first kappa shape index (κ1) is 23.6. The first-order chi connectivity index (χ1) is 16.6. The van der Waals surface area contributed by atoms with Gasteiger partial charge in [-0.2, -0.15) is 0 Å². The lowest BCUT2D eigenvalue weighted by Gasteiger charge is -2.29. The molecule has 1 aliphatic heterocycles. The number of rotatable bonds is 9. The van der Waals surface area contributed by atoms with Crippen LogP contribution in [0.4, 0.5) is 11.4 Å². The number of benzene rings is 2. The second-order valence-electron chi connectivity index (χ2n) is 8.23. The van der Waals surface area contributed by atoms with E-state index >= 15 is 0 Å². The molecule has 1 N–H and O–H groups in total. The number of hydrogen-bond acceptors (Lipinski definition) is 5. The number of carbonyl (C=O) groups excluding carboxylic acids is 2. The van der Waals surface area contributed by atoms with Crippen LogP contribution in [0.5, 0.6) is 0 Å². The van der Waals surface area contributed by atoms with Crippen molar-refractivity contribution in [3.8, 4) is 11.3 Å². The van der Waals surface area contributed by atoms with Gasteiger partial charge in [-0.15, -0.1) is 0 Å². The number of nitrogens with zero attached hydrogens (tertiary/aromatic N) is 2. The fourth-order valence-corrected chi connectivity index (χ4v) is 3.99. The van der Waals surface area contributed by atoms with Crippen molar-refractivity contribution in [3.05, 3.63) is 72.5 Å². The number of carbonyl (C=O) groups is 2. The Morgan fingerprint density at radius 2 is 1.71 bits per heavy atom. The lowest BCUT2D eigenvalue weighted by atomic mass is 10.2. The third-order valence-electron chi connectivity index (χ3n) is 5.90.